The predicted molar refractivity (Wildman–Crippen MR) is 146 cm³/mol. The van der Waals surface area contributed by atoms with Crippen molar-refractivity contribution in [3.63, 3.8) is 0 Å². The van der Waals surface area contributed by atoms with Crippen LogP contribution in [-0.4, -0.2) is 35.6 Å². The van der Waals surface area contributed by atoms with Crippen LogP contribution in [0.15, 0.2) is 77.7 Å². The van der Waals surface area contributed by atoms with Gasteiger partial charge in [-0.15, -0.1) is 0 Å². The molecule has 0 fully saturated rings. The number of hydrogen-bond donors (Lipinski definition) is 1. The minimum atomic E-state index is -3.74. The van der Waals surface area contributed by atoms with Gasteiger partial charge < -0.3 is 5.32 Å². The first kappa shape index (κ1) is 23.7. The minimum Gasteiger partial charge on any atom is -0.306 e. The van der Waals surface area contributed by atoms with Crippen molar-refractivity contribution in [2.45, 2.75) is 18.2 Å². The van der Waals surface area contributed by atoms with Gasteiger partial charge in [-0.3, -0.25) is 9.10 Å². The highest BCUT2D eigenvalue weighted by molar-refractivity contribution is 7.92. The summed E-state index contributed by atoms with van der Waals surface area (Å²) in [5.41, 5.74) is 3.40. The molecule has 1 aliphatic rings. The largest absolute Gasteiger partial charge is 0.306 e. The lowest BCUT2D eigenvalue weighted by Gasteiger charge is -2.19. The molecular weight excluding hydrogens is 530 g/mol. The van der Waals surface area contributed by atoms with E-state index in [9.17, 15) is 13.2 Å². The number of amides is 1. The van der Waals surface area contributed by atoms with Crippen molar-refractivity contribution >= 4 is 60.6 Å². The van der Waals surface area contributed by atoms with Gasteiger partial charge in [-0.1, -0.05) is 47.2 Å². The zero-order valence-electron chi connectivity index (χ0n) is 19.6. The van der Waals surface area contributed by atoms with E-state index in [-0.39, 0.29) is 4.90 Å². The van der Waals surface area contributed by atoms with Crippen molar-refractivity contribution in [3.05, 3.63) is 94.6 Å². The Morgan fingerprint density at radius 2 is 1.84 bits per heavy atom. The smallest absolute Gasteiger partial charge is 0.264 e. The van der Waals surface area contributed by atoms with E-state index in [1.54, 1.807) is 16.8 Å². The van der Waals surface area contributed by atoms with Crippen molar-refractivity contribution < 1.29 is 13.2 Å². The molecule has 0 saturated heterocycles. The maximum absolute atomic E-state index is 13.3. The second kappa shape index (κ2) is 8.98. The molecule has 0 aliphatic carbocycles. The van der Waals surface area contributed by atoms with Crippen LogP contribution in [0.1, 0.15) is 21.6 Å². The number of nitrogens with zero attached hydrogens (tertiary/aromatic N) is 4. The van der Waals surface area contributed by atoms with Gasteiger partial charge in [0.1, 0.15) is 11.3 Å². The molecule has 1 amide bonds. The summed E-state index contributed by atoms with van der Waals surface area (Å²) in [5, 5.41) is 8.46. The number of aryl methyl sites for hydroxylation is 1. The molecule has 3 aromatic carbocycles. The Hall–Kier alpha value is -3.73. The average molecular weight is 550 g/mol. The SMILES string of the molecule is Cc1cc(NC(=O)c2ccc(S(=O)(=O)N3CCc4ccccc43)cc2)n(-c2nc3c(Cl)cccc3s2)n1. The van der Waals surface area contributed by atoms with E-state index in [1.807, 2.05) is 43.3 Å². The number of hydrogen-bond acceptors (Lipinski definition) is 6. The number of anilines is 2. The number of fused-ring (bicyclic) bond motifs is 2. The number of rotatable bonds is 5. The van der Waals surface area contributed by atoms with Crippen molar-refractivity contribution in [1.29, 1.82) is 0 Å². The van der Waals surface area contributed by atoms with Crippen molar-refractivity contribution in [2.75, 3.05) is 16.2 Å². The number of carbonyl (C=O) groups excluding carboxylic acids is 1. The fourth-order valence-electron chi connectivity index (χ4n) is 4.38. The molecule has 0 radical (unpaired) electrons. The van der Waals surface area contributed by atoms with Crippen molar-refractivity contribution in [1.82, 2.24) is 14.8 Å². The van der Waals surface area contributed by atoms with Crippen molar-refractivity contribution in [2.24, 2.45) is 0 Å². The Balaban J connectivity index is 1.25. The number of benzene rings is 3. The van der Waals surface area contributed by atoms with E-state index in [0.29, 0.717) is 51.4 Å². The number of thiazole rings is 1. The third kappa shape index (κ3) is 4.16. The quantitative estimate of drug-likeness (QED) is 0.314. The Labute approximate surface area is 222 Å². The minimum absolute atomic E-state index is 0.132. The Morgan fingerprint density at radius 1 is 1.05 bits per heavy atom. The zero-order chi connectivity index (χ0) is 25.7. The normalized spacial score (nSPS) is 13.2. The molecule has 2 aromatic heterocycles. The molecule has 0 spiro atoms. The lowest BCUT2D eigenvalue weighted by atomic mass is 10.2. The number of halogens is 1. The monoisotopic (exact) mass is 549 g/mol. The molecule has 37 heavy (non-hydrogen) atoms. The Morgan fingerprint density at radius 3 is 2.62 bits per heavy atom. The topological polar surface area (TPSA) is 97.2 Å². The van der Waals surface area contributed by atoms with Gasteiger partial charge in [-0.05, 0) is 61.4 Å². The van der Waals surface area contributed by atoms with E-state index in [2.05, 4.69) is 15.4 Å². The molecule has 1 aliphatic heterocycles. The number of nitrogens with one attached hydrogen (secondary N) is 1. The van der Waals surface area contributed by atoms with Crippen LogP contribution >= 0.6 is 22.9 Å². The van der Waals surface area contributed by atoms with E-state index in [4.69, 9.17) is 11.6 Å². The predicted octanol–water partition coefficient (Wildman–Crippen LogP) is 5.45. The summed E-state index contributed by atoms with van der Waals surface area (Å²) in [5.74, 6) is 0.0545. The molecule has 0 atom stereocenters. The van der Waals surface area contributed by atoms with Gasteiger partial charge in [-0.25, -0.2) is 13.4 Å². The summed E-state index contributed by atoms with van der Waals surface area (Å²) in [6.45, 7) is 2.22. The fraction of sp³-hybridized carbons (Fsp3) is 0.115. The standard InChI is InChI=1S/C26H20ClN5O3S2/c1-16-15-23(32(30-16)26-29-24-20(27)6-4-8-22(24)36-26)28-25(33)18-9-11-19(12-10-18)37(34,35)31-14-13-17-5-2-3-7-21(17)31/h2-12,15H,13-14H2,1H3,(H,28,33). The van der Waals surface area contributed by atoms with Crippen LogP contribution in [0.3, 0.4) is 0 Å². The van der Waals surface area contributed by atoms with E-state index < -0.39 is 15.9 Å². The molecule has 1 N–H and O–H groups in total. The zero-order valence-corrected chi connectivity index (χ0v) is 21.9. The summed E-state index contributed by atoms with van der Waals surface area (Å²) in [4.78, 5) is 17.8. The molecular formula is C26H20ClN5O3S2. The summed E-state index contributed by atoms with van der Waals surface area (Å²) in [7, 11) is -3.74. The fourth-order valence-corrected chi connectivity index (χ4v) is 7.11. The Bertz CT molecular complexity index is 1780. The van der Waals surface area contributed by atoms with Crippen LogP contribution in [0.2, 0.25) is 5.02 Å². The lowest BCUT2D eigenvalue weighted by Crippen LogP contribution is -2.29. The van der Waals surface area contributed by atoms with Gasteiger partial charge in [0.2, 0.25) is 5.13 Å². The van der Waals surface area contributed by atoms with Crippen LogP contribution in [0.4, 0.5) is 11.5 Å². The maximum Gasteiger partial charge on any atom is 0.264 e. The van der Waals surface area contributed by atoms with Gasteiger partial charge in [-0.2, -0.15) is 9.78 Å². The molecule has 3 heterocycles. The van der Waals surface area contributed by atoms with Crippen LogP contribution < -0.4 is 9.62 Å². The third-order valence-electron chi connectivity index (χ3n) is 6.16. The molecule has 5 aromatic rings. The van der Waals surface area contributed by atoms with Crippen LogP contribution in [0.25, 0.3) is 15.3 Å². The Kier molecular flexibility index (Phi) is 5.74. The van der Waals surface area contributed by atoms with Gasteiger partial charge in [0.15, 0.2) is 0 Å². The molecule has 8 nitrogen and oxygen atoms in total. The van der Waals surface area contributed by atoms with Crippen LogP contribution in [0.5, 0.6) is 0 Å². The van der Waals surface area contributed by atoms with Crippen LogP contribution in [-0.2, 0) is 16.4 Å². The first-order chi connectivity index (χ1) is 17.8. The number of para-hydroxylation sites is 2. The second-order valence-electron chi connectivity index (χ2n) is 8.60. The van der Waals surface area contributed by atoms with Crippen molar-refractivity contribution in [3.8, 4) is 5.13 Å². The number of carbonyl (C=O) groups is 1. The van der Waals surface area contributed by atoms with Gasteiger partial charge in [0, 0.05) is 18.2 Å². The van der Waals surface area contributed by atoms with Gasteiger partial charge in [0.25, 0.3) is 15.9 Å². The lowest BCUT2D eigenvalue weighted by molar-refractivity contribution is 0.102. The van der Waals surface area contributed by atoms with Crippen LogP contribution in [0, 0.1) is 6.92 Å². The van der Waals surface area contributed by atoms with E-state index >= 15 is 0 Å². The maximum atomic E-state index is 13.3. The molecule has 6 rings (SSSR count). The number of aromatic nitrogens is 3. The van der Waals surface area contributed by atoms with Gasteiger partial charge in [0.05, 0.1) is 26.0 Å². The first-order valence-corrected chi connectivity index (χ1v) is 14.1. The molecule has 0 saturated carbocycles. The summed E-state index contributed by atoms with van der Waals surface area (Å²) < 4.78 is 30.4. The average Bonchev–Trinajstić information content (AvgIpc) is 3.61. The van der Waals surface area contributed by atoms with E-state index in [0.717, 1.165) is 10.3 Å². The molecule has 0 bridgehead atoms. The first-order valence-electron chi connectivity index (χ1n) is 11.5. The second-order valence-corrected chi connectivity index (χ2v) is 11.9. The molecule has 11 heteroatoms. The summed E-state index contributed by atoms with van der Waals surface area (Å²) >= 11 is 7.69. The molecule has 186 valence electrons. The summed E-state index contributed by atoms with van der Waals surface area (Å²) in [6, 6.07) is 20.7. The van der Waals surface area contributed by atoms with E-state index in [1.165, 1.54) is 39.9 Å². The molecule has 0 unspecified atom stereocenters. The highest BCUT2D eigenvalue weighted by atomic mass is 35.5. The van der Waals surface area contributed by atoms with Gasteiger partial charge >= 0.3 is 0 Å². The number of sulfonamides is 1. The highest BCUT2D eigenvalue weighted by Crippen LogP contribution is 2.33. The summed E-state index contributed by atoms with van der Waals surface area (Å²) in [6.07, 6.45) is 0.670. The third-order valence-corrected chi connectivity index (χ3v) is 9.29. The highest BCUT2D eigenvalue weighted by Gasteiger charge is 2.30.